The summed E-state index contributed by atoms with van der Waals surface area (Å²) >= 11 is 8.25. The van der Waals surface area contributed by atoms with Crippen LogP contribution in [0.1, 0.15) is 10.4 Å². The van der Waals surface area contributed by atoms with Crippen molar-refractivity contribution in [2.75, 3.05) is 22.5 Å². The zero-order chi connectivity index (χ0) is 20.3. The van der Waals surface area contributed by atoms with Gasteiger partial charge in [0.05, 0.1) is 10.6 Å². The Balaban J connectivity index is 1.77. The van der Waals surface area contributed by atoms with Gasteiger partial charge in [-0.1, -0.05) is 29.8 Å². The van der Waals surface area contributed by atoms with Crippen molar-refractivity contribution in [1.29, 1.82) is 0 Å². The second-order valence-electron chi connectivity index (χ2n) is 5.77. The Morgan fingerprint density at radius 3 is 2.36 bits per heavy atom. The fourth-order valence-corrected chi connectivity index (χ4v) is 4.47. The zero-order valence-electron chi connectivity index (χ0n) is 14.4. The number of thiophene rings is 1. The SMILES string of the molecule is Nc1cccc(N)c1SCC(=O)Nc1scc(-c2ccc(Cl)cc2)c1C(=O)O. The minimum atomic E-state index is -1.12. The average molecular weight is 434 g/mol. The molecule has 0 radical (unpaired) electrons. The topological polar surface area (TPSA) is 118 Å². The molecule has 3 aromatic rings. The number of nitrogen functional groups attached to an aromatic ring is 2. The molecular weight excluding hydrogens is 418 g/mol. The molecule has 0 aliphatic heterocycles. The van der Waals surface area contributed by atoms with Gasteiger partial charge in [-0.05, 0) is 29.8 Å². The second-order valence-corrected chi connectivity index (χ2v) is 8.07. The van der Waals surface area contributed by atoms with Crippen molar-refractivity contribution < 1.29 is 14.7 Å². The van der Waals surface area contributed by atoms with Crippen LogP contribution in [-0.4, -0.2) is 22.7 Å². The second kappa shape index (κ2) is 8.55. The van der Waals surface area contributed by atoms with E-state index in [0.717, 1.165) is 11.3 Å². The van der Waals surface area contributed by atoms with Gasteiger partial charge in [0.25, 0.3) is 0 Å². The highest BCUT2D eigenvalue weighted by Crippen LogP contribution is 2.36. The third-order valence-corrected chi connectivity index (χ3v) is 6.15. The largest absolute Gasteiger partial charge is 0.478 e. The summed E-state index contributed by atoms with van der Waals surface area (Å²) in [7, 11) is 0. The average Bonchev–Trinajstić information content (AvgIpc) is 3.05. The van der Waals surface area contributed by atoms with Crippen LogP contribution in [0, 0.1) is 0 Å². The number of halogens is 1. The fourth-order valence-electron chi connectivity index (χ4n) is 2.54. The number of anilines is 3. The van der Waals surface area contributed by atoms with E-state index in [1.165, 1.54) is 11.8 Å². The number of hydrogen-bond donors (Lipinski definition) is 4. The Morgan fingerprint density at radius 2 is 1.75 bits per heavy atom. The lowest BCUT2D eigenvalue weighted by atomic mass is 10.0. The van der Waals surface area contributed by atoms with E-state index in [1.807, 2.05) is 0 Å². The molecule has 3 rings (SSSR count). The van der Waals surface area contributed by atoms with Gasteiger partial charge in [0, 0.05) is 27.3 Å². The summed E-state index contributed by atoms with van der Waals surface area (Å²) in [4.78, 5) is 24.8. The Labute approximate surface area is 174 Å². The fraction of sp³-hybridized carbons (Fsp3) is 0.0526. The lowest BCUT2D eigenvalue weighted by molar-refractivity contribution is -0.113. The predicted octanol–water partition coefficient (Wildman–Crippen LogP) is 4.66. The number of carboxylic acid groups (broad SMARTS) is 1. The van der Waals surface area contributed by atoms with E-state index in [-0.39, 0.29) is 22.2 Å². The van der Waals surface area contributed by atoms with Crippen LogP contribution in [0.15, 0.2) is 52.7 Å². The van der Waals surface area contributed by atoms with Crippen molar-refractivity contribution in [3.05, 3.63) is 58.4 Å². The van der Waals surface area contributed by atoms with Gasteiger partial charge in [-0.25, -0.2) is 4.79 Å². The van der Waals surface area contributed by atoms with Gasteiger partial charge in [0.1, 0.15) is 10.6 Å². The molecule has 0 aliphatic carbocycles. The molecule has 1 amide bonds. The Hall–Kier alpha value is -2.68. The van der Waals surface area contributed by atoms with E-state index in [9.17, 15) is 14.7 Å². The molecule has 1 aromatic heterocycles. The van der Waals surface area contributed by atoms with Gasteiger partial charge in [0.2, 0.25) is 5.91 Å². The summed E-state index contributed by atoms with van der Waals surface area (Å²) in [6.45, 7) is 0. The molecule has 0 fully saturated rings. The highest BCUT2D eigenvalue weighted by atomic mass is 35.5. The smallest absolute Gasteiger partial charge is 0.339 e. The summed E-state index contributed by atoms with van der Waals surface area (Å²) in [5, 5.41) is 14.8. The van der Waals surface area contributed by atoms with E-state index in [0.29, 0.717) is 32.4 Å². The third-order valence-electron chi connectivity index (χ3n) is 3.84. The van der Waals surface area contributed by atoms with Crippen LogP contribution in [0.2, 0.25) is 5.02 Å². The predicted molar refractivity (Wildman–Crippen MR) is 116 cm³/mol. The highest BCUT2D eigenvalue weighted by Gasteiger charge is 2.21. The minimum Gasteiger partial charge on any atom is -0.478 e. The van der Waals surface area contributed by atoms with Crippen LogP contribution in [0.5, 0.6) is 0 Å². The number of carboxylic acids is 1. The molecule has 0 saturated heterocycles. The Morgan fingerprint density at radius 1 is 1.11 bits per heavy atom. The lowest BCUT2D eigenvalue weighted by Crippen LogP contribution is -2.15. The van der Waals surface area contributed by atoms with E-state index >= 15 is 0 Å². The number of benzene rings is 2. The van der Waals surface area contributed by atoms with Crippen LogP contribution in [0.3, 0.4) is 0 Å². The number of nitrogens with two attached hydrogens (primary N) is 2. The molecule has 6 N–H and O–H groups in total. The molecule has 0 atom stereocenters. The standard InChI is InChI=1S/C19H16ClN3O3S2/c20-11-6-4-10(5-7-11)12-8-28-18(16(12)19(25)26)23-15(24)9-27-17-13(21)2-1-3-14(17)22/h1-8H,9,21-22H2,(H,23,24)(H,25,26). The van der Waals surface area contributed by atoms with Crippen molar-refractivity contribution in [2.45, 2.75) is 4.90 Å². The van der Waals surface area contributed by atoms with Gasteiger partial charge in [-0.3, -0.25) is 4.79 Å². The van der Waals surface area contributed by atoms with Gasteiger partial charge in [-0.15, -0.1) is 23.1 Å². The molecule has 9 heteroatoms. The molecule has 0 unspecified atom stereocenters. The van der Waals surface area contributed by atoms with Crippen molar-refractivity contribution in [2.24, 2.45) is 0 Å². The lowest BCUT2D eigenvalue weighted by Gasteiger charge is -2.09. The van der Waals surface area contributed by atoms with Crippen LogP contribution in [0.25, 0.3) is 11.1 Å². The van der Waals surface area contributed by atoms with Gasteiger partial charge in [-0.2, -0.15) is 0 Å². The number of nitrogens with one attached hydrogen (secondary N) is 1. The Bertz CT molecular complexity index is 1020. The van der Waals surface area contributed by atoms with Crippen molar-refractivity contribution in [3.8, 4) is 11.1 Å². The van der Waals surface area contributed by atoms with Crippen LogP contribution in [-0.2, 0) is 4.79 Å². The minimum absolute atomic E-state index is 0.0458. The molecule has 144 valence electrons. The van der Waals surface area contributed by atoms with Crippen LogP contribution >= 0.6 is 34.7 Å². The molecule has 0 saturated carbocycles. The normalized spacial score (nSPS) is 10.6. The first-order valence-electron chi connectivity index (χ1n) is 8.04. The Kier molecular flexibility index (Phi) is 6.13. The summed E-state index contributed by atoms with van der Waals surface area (Å²) in [6, 6.07) is 12.0. The molecule has 0 aliphatic rings. The zero-order valence-corrected chi connectivity index (χ0v) is 16.8. The first-order chi connectivity index (χ1) is 13.4. The summed E-state index contributed by atoms with van der Waals surface area (Å²) < 4.78 is 0. The van der Waals surface area contributed by atoms with Gasteiger partial charge >= 0.3 is 5.97 Å². The van der Waals surface area contributed by atoms with Crippen molar-refractivity contribution in [3.63, 3.8) is 0 Å². The number of carbonyl (C=O) groups is 2. The van der Waals surface area contributed by atoms with Crippen LogP contribution < -0.4 is 16.8 Å². The maximum absolute atomic E-state index is 12.4. The number of rotatable bonds is 6. The number of hydrogen-bond acceptors (Lipinski definition) is 6. The van der Waals surface area contributed by atoms with Gasteiger partial charge < -0.3 is 21.9 Å². The molecule has 1 heterocycles. The number of amides is 1. The third kappa shape index (κ3) is 4.41. The van der Waals surface area contributed by atoms with Crippen molar-refractivity contribution in [1.82, 2.24) is 0 Å². The number of thioether (sulfide) groups is 1. The first-order valence-corrected chi connectivity index (χ1v) is 10.3. The van der Waals surface area contributed by atoms with Crippen LogP contribution in [0.4, 0.5) is 16.4 Å². The summed E-state index contributed by atoms with van der Waals surface area (Å²) in [5.74, 6) is -1.42. The molecule has 2 aromatic carbocycles. The maximum Gasteiger partial charge on any atom is 0.339 e. The number of carbonyl (C=O) groups excluding carboxylic acids is 1. The van der Waals surface area contributed by atoms with E-state index in [2.05, 4.69) is 5.32 Å². The molecule has 6 nitrogen and oxygen atoms in total. The maximum atomic E-state index is 12.4. The quantitative estimate of drug-likeness (QED) is 0.331. The van der Waals surface area contributed by atoms with E-state index in [1.54, 1.807) is 47.8 Å². The summed E-state index contributed by atoms with van der Waals surface area (Å²) in [5.41, 5.74) is 14.0. The first kappa shape index (κ1) is 20.1. The monoisotopic (exact) mass is 433 g/mol. The van der Waals surface area contributed by atoms with Gasteiger partial charge in [0.15, 0.2) is 0 Å². The molecule has 0 bridgehead atoms. The van der Waals surface area contributed by atoms with Crippen molar-refractivity contribution >= 4 is 63.0 Å². The molecular formula is C19H16ClN3O3S2. The number of aromatic carboxylic acids is 1. The highest BCUT2D eigenvalue weighted by molar-refractivity contribution is 8.00. The molecule has 0 spiro atoms. The van der Waals surface area contributed by atoms with E-state index in [4.69, 9.17) is 23.1 Å². The molecule has 28 heavy (non-hydrogen) atoms. The van der Waals surface area contributed by atoms with E-state index < -0.39 is 5.97 Å². The summed E-state index contributed by atoms with van der Waals surface area (Å²) in [6.07, 6.45) is 0.